The van der Waals surface area contributed by atoms with Crippen LogP contribution in [0.5, 0.6) is 0 Å². The number of carbonyl (C=O) groups excluding carboxylic acids is 3. The summed E-state index contributed by atoms with van der Waals surface area (Å²) in [6.45, 7) is 2.48. The van der Waals surface area contributed by atoms with E-state index in [4.69, 9.17) is 11.6 Å². The Morgan fingerprint density at radius 2 is 1.75 bits per heavy atom. The van der Waals surface area contributed by atoms with Crippen LogP contribution in [0.1, 0.15) is 34.1 Å². The van der Waals surface area contributed by atoms with Gasteiger partial charge in [0, 0.05) is 29.0 Å². The molecule has 1 fully saturated rings. The molecule has 1 saturated heterocycles. The summed E-state index contributed by atoms with van der Waals surface area (Å²) in [7, 11) is 0. The number of anilines is 1. The monoisotopic (exact) mass is 498 g/mol. The maximum absolute atomic E-state index is 14.0. The Bertz CT molecular complexity index is 1540. The molecule has 2 aliphatic heterocycles. The van der Waals surface area contributed by atoms with Gasteiger partial charge < -0.3 is 15.2 Å². The maximum Gasteiger partial charge on any atom is 0.332 e. The van der Waals surface area contributed by atoms with E-state index in [-0.39, 0.29) is 29.6 Å². The van der Waals surface area contributed by atoms with Crippen molar-refractivity contribution in [3.63, 3.8) is 0 Å². The van der Waals surface area contributed by atoms with E-state index in [0.717, 1.165) is 32.6 Å². The van der Waals surface area contributed by atoms with Crippen molar-refractivity contribution in [2.75, 3.05) is 11.4 Å². The van der Waals surface area contributed by atoms with E-state index >= 15 is 0 Å². The third kappa shape index (κ3) is 3.23. The Kier molecular flexibility index (Phi) is 5.12. The minimum atomic E-state index is -1.18. The number of hydrogen-bond acceptors (Lipinski definition) is 3. The average Bonchev–Trinajstić information content (AvgIpc) is 3.37. The Hall–Kier alpha value is -4.10. The molecule has 0 saturated carbocycles. The lowest BCUT2D eigenvalue weighted by Gasteiger charge is -2.35. The summed E-state index contributed by atoms with van der Waals surface area (Å²) in [5.41, 5.74) is 2.96. The second-order valence-electron chi connectivity index (χ2n) is 9.25. The van der Waals surface area contributed by atoms with Crippen LogP contribution in [0.3, 0.4) is 0 Å². The first-order valence-corrected chi connectivity index (χ1v) is 12.2. The summed E-state index contributed by atoms with van der Waals surface area (Å²) in [5, 5.41) is 4.56. The molecule has 7 nitrogen and oxygen atoms in total. The van der Waals surface area contributed by atoms with Crippen LogP contribution in [0.4, 0.5) is 10.5 Å². The van der Waals surface area contributed by atoms with Gasteiger partial charge in [0.2, 0.25) is 0 Å². The molecule has 2 aliphatic rings. The maximum atomic E-state index is 14.0. The number of aromatic nitrogens is 1. The number of fused-ring (bicyclic) bond motifs is 5. The highest BCUT2D eigenvalue weighted by Crippen LogP contribution is 2.45. The van der Waals surface area contributed by atoms with Gasteiger partial charge in [-0.05, 0) is 54.8 Å². The van der Waals surface area contributed by atoms with Gasteiger partial charge >= 0.3 is 6.03 Å². The first-order valence-electron chi connectivity index (χ1n) is 11.8. The molecule has 4 aromatic rings. The van der Waals surface area contributed by atoms with E-state index in [1.165, 1.54) is 0 Å². The van der Waals surface area contributed by atoms with Gasteiger partial charge in [-0.25, -0.2) is 9.69 Å². The van der Waals surface area contributed by atoms with E-state index in [2.05, 4.69) is 10.3 Å². The molecule has 3 heterocycles. The van der Waals surface area contributed by atoms with Crippen LogP contribution in [0.15, 0.2) is 72.8 Å². The Balaban J connectivity index is 1.35. The summed E-state index contributed by atoms with van der Waals surface area (Å²) in [6.07, 6.45) is 0.644. The third-order valence-electron chi connectivity index (χ3n) is 7.22. The minimum Gasteiger partial charge on any atom is -0.356 e. The quantitative estimate of drug-likeness (QED) is 0.389. The molecule has 0 unspecified atom stereocenters. The van der Waals surface area contributed by atoms with Gasteiger partial charge in [-0.15, -0.1) is 0 Å². The van der Waals surface area contributed by atoms with Crippen LogP contribution in [0, 0.1) is 0 Å². The first-order chi connectivity index (χ1) is 17.4. The Morgan fingerprint density at radius 3 is 2.56 bits per heavy atom. The second-order valence-corrected chi connectivity index (χ2v) is 9.68. The van der Waals surface area contributed by atoms with Gasteiger partial charge in [0.1, 0.15) is 0 Å². The van der Waals surface area contributed by atoms with Gasteiger partial charge in [0.05, 0.1) is 16.9 Å². The summed E-state index contributed by atoms with van der Waals surface area (Å²) in [6, 6.07) is 21.4. The lowest BCUT2D eigenvalue weighted by molar-refractivity contribution is -0.125. The van der Waals surface area contributed by atoms with Crippen molar-refractivity contribution in [2.45, 2.75) is 25.4 Å². The fourth-order valence-corrected chi connectivity index (χ4v) is 5.47. The molecule has 1 atom stereocenters. The molecule has 0 spiro atoms. The molecule has 8 heteroatoms. The molecule has 0 aliphatic carbocycles. The summed E-state index contributed by atoms with van der Waals surface area (Å²) < 4.78 is 0. The lowest BCUT2D eigenvalue weighted by atomic mass is 9.87. The zero-order valence-corrected chi connectivity index (χ0v) is 20.3. The van der Waals surface area contributed by atoms with Crippen LogP contribution >= 0.6 is 11.6 Å². The number of urea groups is 1. The van der Waals surface area contributed by atoms with Crippen molar-refractivity contribution in [2.24, 2.45) is 0 Å². The number of imide groups is 1. The number of amides is 4. The zero-order chi connectivity index (χ0) is 25.0. The molecule has 4 amide bonds. The number of rotatable bonds is 4. The molecule has 3 aromatic carbocycles. The fourth-order valence-electron chi connectivity index (χ4n) is 5.34. The summed E-state index contributed by atoms with van der Waals surface area (Å²) in [5.74, 6) is -0.750. The van der Waals surface area contributed by atoms with Crippen molar-refractivity contribution in [3.8, 4) is 0 Å². The minimum absolute atomic E-state index is 0.258. The standard InChI is InChI=1S/C28H23ClN4O3/c1-28-24-20(19-6-2-4-8-22(19)31-24)14-15-32(28)27(36)33(26(28)35)23-9-5-3-7-21(23)25(34)30-16-17-10-12-18(29)13-11-17/h2-13,31H,14-16H2,1H3,(H,30,34)/t28-/m0/s1. The Labute approximate surface area is 212 Å². The zero-order valence-electron chi connectivity index (χ0n) is 19.5. The number of hydrogen-bond donors (Lipinski definition) is 2. The second kappa shape index (κ2) is 8.24. The van der Waals surface area contributed by atoms with E-state index in [0.29, 0.717) is 18.0 Å². The summed E-state index contributed by atoms with van der Waals surface area (Å²) in [4.78, 5) is 47.0. The SMILES string of the molecule is C[C@]12C(=O)N(c3ccccc3C(=O)NCc3ccc(Cl)cc3)C(=O)N1CCc1c2[nH]c2ccccc12. The molecular weight excluding hydrogens is 476 g/mol. The number of H-pyrrole nitrogens is 1. The van der Waals surface area contributed by atoms with Crippen LogP contribution < -0.4 is 10.2 Å². The predicted octanol–water partition coefficient (Wildman–Crippen LogP) is 4.99. The predicted molar refractivity (Wildman–Crippen MR) is 138 cm³/mol. The number of nitrogens with zero attached hydrogens (tertiary/aromatic N) is 2. The first kappa shape index (κ1) is 22.4. The fraction of sp³-hybridized carbons (Fsp3) is 0.179. The van der Waals surface area contributed by atoms with Gasteiger partial charge in [-0.2, -0.15) is 0 Å². The number of halogens is 1. The van der Waals surface area contributed by atoms with Gasteiger partial charge in [-0.1, -0.05) is 54.1 Å². The highest BCUT2D eigenvalue weighted by molar-refractivity contribution is 6.30. The average molecular weight is 499 g/mol. The van der Waals surface area contributed by atoms with E-state index in [1.807, 2.05) is 36.4 Å². The van der Waals surface area contributed by atoms with Crippen molar-refractivity contribution < 1.29 is 14.4 Å². The lowest BCUT2D eigenvalue weighted by Crippen LogP contribution is -2.49. The van der Waals surface area contributed by atoms with Gasteiger partial charge in [0.25, 0.3) is 11.8 Å². The van der Waals surface area contributed by atoms with Gasteiger partial charge in [0.15, 0.2) is 5.54 Å². The molecule has 0 radical (unpaired) electrons. The van der Waals surface area contributed by atoms with Crippen molar-refractivity contribution in [1.82, 2.24) is 15.2 Å². The number of carbonyl (C=O) groups is 3. The van der Waals surface area contributed by atoms with Crippen molar-refractivity contribution in [1.29, 1.82) is 0 Å². The van der Waals surface area contributed by atoms with Crippen molar-refractivity contribution >= 4 is 46.0 Å². The van der Waals surface area contributed by atoms with Crippen LogP contribution in [0.25, 0.3) is 10.9 Å². The van der Waals surface area contributed by atoms with Crippen molar-refractivity contribution in [3.05, 3.63) is 100 Å². The van der Waals surface area contributed by atoms with Crippen LogP contribution in [0.2, 0.25) is 5.02 Å². The topological polar surface area (TPSA) is 85.5 Å². The van der Waals surface area contributed by atoms with E-state index in [9.17, 15) is 14.4 Å². The number of aromatic amines is 1. The largest absolute Gasteiger partial charge is 0.356 e. The number of para-hydroxylation sites is 2. The summed E-state index contributed by atoms with van der Waals surface area (Å²) >= 11 is 5.95. The van der Waals surface area contributed by atoms with Gasteiger partial charge in [-0.3, -0.25) is 9.59 Å². The van der Waals surface area contributed by atoms with E-state index < -0.39 is 11.6 Å². The molecule has 36 heavy (non-hydrogen) atoms. The van der Waals surface area contributed by atoms with Crippen LogP contribution in [-0.4, -0.2) is 34.3 Å². The Morgan fingerprint density at radius 1 is 1.03 bits per heavy atom. The highest BCUT2D eigenvalue weighted by Gasteiger charge is 2.59. The number of benzene rings is 3. The van der Waals surface area contributed by atoms with E-state index in [1.54, 1.807) is 48.2 Å². The molecule has 2 N–H and O–H groups in total. The molecule has 1 aromatic heterocycles. The smallest absolute Gasteiger partial charge is 0.332 e. The molecular formula is C28H23ClN4O3. The molecule has 6 rings (SSSR count). The molecule has 0 bridgehead atoms. The normalized spacial score (nSPS) is 18.9. The molecule has 180 valence electrons. The number of nitrogens with one attached hydrogen (secondary N) is 2. The third-order valence-corrected chi connectivity index (χ3v) is 7.48. The van der Waals surface area contributed by atoms with Crippen LogP contribution in [-0.2, 0) is 23.3 Å². The highest BCUT2D eigenvalue weighted by atomic mass is 35.5.